The summed E-state index contributed by atoms with van der Waals surface area (Å²) in [7, 11) is 0. The Hall–Kier alpha value is -2.20. The van der Waals surface area contributed by atoms with E-state index in [1.165, 1.54) is 19.3 Å². The summed E-state index contributed by atoms with van der Waals surface area (Å²) in [5, 5.41) is 15.6. The van der Waals surface area contributed by atoms with Gasteiger partial charge in [-0.3, -0.25) is 9.59 Å². The quantitative estimate of drug-likeness (QED) is 0.362. The van der Waals surface area contributed by atoms with E-state index in [1.54, 1.807) is 17.8 Å². The molecule has 3 N–H and O–H groups in total. The Morgan fingerprint density at radius 3 is 2.29 bits per heavy atom. The molecule has 1 saturated carbocycles. The van der Waals surface area contributed by atoms with Crippen molar-refractivity contribution in [3.05, 3.63) is 59.2 Å². The van der Waals surface area contributed by atoms with Gasteiger partial charge in [0.2, 0.25) is 5.91 Å². The molecule has 3 rings (SSSR count). The van der Waals surface area contributed by atoms with E-state index in [0.29, 0.717) is 23.3 Å². The summed E-state index contributed by atoms with van der Waals surface area (Å²) >= 11 is 1.54. The Morgan fingerprint density at radius 2 is 1.66 bits per heavy atom. The number of hydrogen-bond acceptors (Lipinski definition) is 4. The fourth-order valence-electron chi connectivity index (χ4n) is 4.93. The van der Waals surface area contributed by atoms with Crippen molar-refractivity contribution in [2.45, 2.75) is 83.2 Å². The second-order valence-corrected chi connectivity index (χ2v) is 11.0. The molecule has 0 aliphatic heterocycles. The Balaban J connectivity index is 0.00000507. The summed E-state index contributed by atoms with van der Waals surface area (Å²) in [6, 6.07) is 12.5. The van der Waals surface area contributed by atoms with Crippen molar-refractivity contribution in [2.24, 2.45) is 0 Å². The van der Waals surface area contributed by atoms with Gasteiger partial charge in [0.25, 0.3) is 5.91 Å². The van der Waals surface area contributed by atoms with Gasteiger partial charge in [0, 0.05) is 11.6 Å². The maximum absolute atomic E-state index is 13.3. The van der Waals surface area contributed by atoms with E-state index in [9.17, 15) is 19.5 Å². The van der Waals surface area contributed by atoms with Crippen LogP contribution in [0.25, 0.3) is 11.1 Å². The van der Waals surface area contributed by atoms with Crippen molar-refractivity contribution in [1.82, 2.24) is 10.6 Å². The van der Waals surface area contributed by atoms with Crippen LogP contribution in [0.5, 0.6) is 0 Å². The Morgan fingerprint density at radius 1 is 1.00 bits per heavy atom. The van der Waals surface area contributed by atoms with Gasteiger partial charge >= 0.3 is 24.8 Å². The van der Waals surface area contributed by atoms with Crippen LogP contribution in [0, 0.1) is 6.92 Å². The minimum atomic E-state index is -1.05. The number of aryl methyl sites for hydroxylation is 1. The molecule has 38 heavy (non-hydrogen) atoms. The Labute approximate surface area is 243 Å². The molecular formula is C30H41LiN2O4S. The molecule has 0 spiro atoms. The first-order valence-corrected chi connectivity index (χ1v) is 14.7. The molecule has 2 unspecified atom stereocenters. The predicted octanol–water partition coefficient (Wildman–Crippen LogP) is 5.28. The number of nitrogens with one attached hydrogen (secondary N) is 2. The van der Waals surface area contributed by atoms with Gasteiger partial charge in [-0.1, -0.05) is 62.4 Å². The van der Waals surface area contributed by atoms with E-state index in [1.807, 2.05) is 56.5 Å². The third kappa shape index (κ3) is 8.93. The van der Waals surface area contributed by atoms with Crippen molar-refractivity contribution >= 4 is 48.4 Å². The van der Waals surface area contributed by atoms with Crippen molar-refractivity contribution in [1.29, 1.82) is 0 Å². The predicted molar refractivity (Wildman–Crippen MR) is 158 cm³/mol. The summed E-state index contributed by atoms with van der Waals surface area (Å²) in [5.41, 5.74) is 3.82. The molecule has 202 valence electrons. The Kier molecular flexibility index (Phi) is 13.5. The molecule has 2 aromatic carbocycles. The monoisotopic (exact) mass is 532 g/mol. The molecule has 0 radical (unpaired) electrons. The summed E-state index contributed by atoms with van der Waals surface area (Å²) in [6.07, 6.45) is 10.3. The van der Waals surface area contributed by atoms with Crippen LogP contribution in [0.2, 0.25) is 0 Å². The zero-order valence-electron chi connectivity index (χ0n) is 22.2. The molecule has 8 heteroatoms. The van der Waals surface area contributed by atoms with E-state index >= 15 is 0 Å². The standard InChI is InChI=1S/C30H40N2O4S.Li.H/c1-20-11-9-10-14-24(20)26-19-22(21(2)28(33)31-23-12-7-5-4-6-8-13-23)15-16-25(26)29(34)32-27(30(35)36)17-18-37-3;;/h9-11,14-16,19,21,23,27H,4-8,12-13,17-18H2,1-3H3,(H,31,33)(H,32,34)(H,35,36);;. The van der Waals surface area contributed by atoms with Crippen LogP contribution in [0.15, 0.2) is 42.5 Å². The van der Waals surface area contributed by atoms with Crippen molar-refractivity contribution in [2.75, 3.05) is 12.0 Å². The number of amides is 2. The van der Waals surface area contributed by atoms with Gasteiger partial charge in [0.1, 0.15) is 6.04 Å². The number of carbonyl (C=O) groups excluding carboxylic acids is 2. The van der Waals surface area contributed by atoms with Crippen LogP contribution in [-0.2, 0) is 9.59 Å². The van der Waals surface area contributed by atoms with Crippen molar-refractivity contribution in [3.63, 3.8) is 0 Å². The fourth-order valence-corrected chi connectivity index (χ4v) is 5.41. The van der Waals surface area contributed by atoms with Crippen LogP contribution in [0.1, 0.15) is 85.7 Å². The zero-order chi connectivity index (χ0) is 26.8. The van der Waals surface area contributed by atoms with Gasteiger partial charge < -0.3 is 15.7 Å². The third-order valence-corrected chi connectivity index (χ3v) is 7.93. The normalized spacial score (nSPS) is 15.8. The topological polar surface area (TPSA) is 95.5 Å². The number of carboxylic acid groups (broad SMARTS) is 1. The van der Waals surface area contributed by atoms with Crippen LogP contribution in [0.4, 0.5) is 0 Å². The van der Waals surface area contributed by atoms with Gasteiger partial charge in [0.15, 0.2) is 0 Å². The van der Waals surface area contributed by atoms with Gasteiger partial charge in [-0.15, -0.1) is 0 Å². The fraction of sp³-hybridized carbons (Fsp3) is 0.500. The van der Waals surface area contributed by atoms with E-state index < -0.39 is 17.9 Å². The number of rotatable bonds is 10. The van der Waals surface area contributed by atoms with Crippen LogP contribution in [0.3, 0.4) is 0 Å². The summed E-state index contributed by atoms with van der Waals surface area (Å²) in [6.45, 7) is 3.88. The van der Waals surface area contributed by atoms with Gasteiger partial charge in [-0.05, 0) is 79.5 Å². The average molecular weight is 533 g/mol. The molecule has 2 amide bonds. The SMILES string of the molecule is CSCCC(NC(=O)c1ccc(C(C)C(=O)NC2CCCCCCC2)cc1-c1ccccc1C)C(=O)O.[LiH]. The van der Waals surface area contributed by atoms with Gasteiger partial charge in [-0.25, -0.2) is 4.79 Å². The van der Waals surface area contributed by atoms with E-state index in [-0.39, 0.29) is 36.7 Å². The molecule has 0 saturated heterocycles. The summed E-state index contributed by atoms with van der Waals surface area (Å²) < 4.78 is 0. The van der Waals surface area contributed by atoms with Crippen LogP contribution >= 0.6 is 11.8 Å². The van der Waals surface area contributed by atoms with Crippen LogP contribution < -0.4 is 10.6 Å². The number of aliphatic carboxylic acids is 1. The number of carbonyl (C=O) groups is 3. The summed E-state index contributed by atoms with van der Waals surface area (Å²) in [4.78, 5) is 38.2. The van der Waals surface area contributed by atoms with Gasteiger partial charge in [-0.2, -0.15) is 11.8 Å². The van der Waals surface area contributed by atoms with Crippen molar-refractivity contribution < 1.29 is 19.5 Å². The summed E-state index contributed by atoms with van der Waals surface area (Å²) in [5.74, 6) is -1.21. The molecule has 0 aromatic heterocycles. The number of hydrogen-bond donors (Lipinski definition) is 3. The molecule has 2 atom stereocenters. The minimum absolute atomic E-state index is 0. The van der Waals surface area contributed by atoms with Gasteiger partial charge in [0.05, 0.1) is 5.92 Å². The molecule has 1 fully saturated rings. The van der Waals surface area contributed by atoms with E-state index in [4.69, 9.17) is 0 Å². The van der Waals surface area contributed by atoms with E-state index in [2.05, 4.69) is 10.6 Å². The molecule has 1 aliphatic rings. The second kappa shape index (κ2) is 16.0. The molecule has 2 aromatic rings. The second-order valence-electron chi connectivity index (χ2n) is 10.0. The van der Waals surface area contributed by atoms with E-state index in [0.717, 1.165) is 42.4 Å². The maximum atomic E-state index is 13.3. The number of carboxylic acids is 1. The first-order chi connectivity index (χ1) is 17.8. The zero-order valence-corrected chi connectivity index (χ0v) is 23.0. The first kappa shape index (κ1) is 32.0. The molecule has 6 nitrogen and oxygen atoms in total. The molecule has 1 aliphatic carbocycles. The molecule has 0 heterocycles. The van der Waals surface area contributed by atoms with Crippen LogP contribution in [-0.4, -0.2) is 65.8 Å². The average Bonchev–Trinajstić information content (AvgIpc) is 2.87. The van der Waals surface area contributed by atoms with Crippen molar-refractivity contribution in [3.8, 4) is 11.1 Å². The Bertz CT molecular complexity index is 1090. The first-order valence-electron chi connectivity index (χ1n) is 13.3. The molecule has 0 bridgehead atoms. The number of benzene rings is 2. The number of thioether (sulfide) groups is 1. The third-order valence-electron chi connectivity index (χ3n) is 7.28. The molecular weight excluding hydrogens is 491 g/mol.